The Hall–Kier alpha value is -9.05. The van der Waals surface area contributed by atoms with Crippen molar-refractivity contribution in [3.63, 3.8) is 0 Å². The van der Waals surface area contributed by atoms with Crippen LogP contribution in [-0.4, -0.2) is 22.8 Å². The van der Waals surface area contributed by atoms with E-state index in [2.05, 4.69) is 223 Å². The monoisotopic (exact) mass is 936 g/mol. The minimum atomic E-state index is 0.622. The van der Waals surface area contributed by atoms with Crippen molar-refractivity contribution in [3.05, 3.63) is 220 Å². The number of allylic oxidation sites excluding steroid dienone is 4. The summed E-state index contributed by atoms with van der Waals surface area (Å²) in [6.45, 7) is 0. The molecule has 0 amide bonds. The van der Waals surface area contributed by atoms with Crippen LogP contribution < -0.4 is 0 Å². The predicted octanol–water partition coefficient (Wildman–Crippen LogP) is 16.3. The van der Waals surface area contributed by atoms with E-state index in [1.54, 1.807) is 0 Å². The minimum Gasteiger partial charge on any atom is -0.306 e. The molecule has 6 heteroatoms. The van der Waals surface area contributed by atoms with Crippen LogP contribution in [0.1, 0.15) is 76.3 Å². The molecule has 7 aromatic carbocycles. The quantitative estimate of drug-likeness (QED) is 0.170. The molecule has 6 nitrogen and oxygen atoms in total. The van der Waals surface area contributed by atoms with Gasteiger partial charge in [-0.2, -0.15) is 5.26 Å². The number of hydrogen-bond acceptors (Lipinski definition) is 1. The highest BCUT2D eigenvalue weighted by molar-refractivity contribution is 6.14. The van der Waals surface area contributed by atoms with Crippen LogP contribution in [0.25, 0.3) is 118 Å². The lowest BCUT2D eigenvalue weighted by Crippen LogP contribution is -2.21. The summed E-state index contributed by atoms with van der Waals surface area (Å²) in [5.74, 6) is 0. The van der Waals surface area contributed by atoms with E-state index in [4.69, 9.17) is 0 Å². The van der Waals surface area contributed by atoms with Gasteiger partial charge in [0.1, 0.15) is 11.6 Å². The number of nitriles is 1. The van der Waals surface area contributed by atoms with Crippen molar-refractivity contribution < 1.29 is 0 Å². The van der Waals surface area contributed by atoms with E-state index < -0.39 is 0 Å². The Morgan fingerprint density at radius 2 is 0.562 bits per heavy atom. The Balaban J connectivity index is 1.28. The van der Waals surface area contributed by atoms with Crippen molar-refractivity contribution in [2.45, 2.75) is 51.4 Å². The average molecular weight is 937 g/mol. The first-order chi connectivity index (χ1) is 36.3. The number of fused-ring (bicyclic) bond motifs is 15. The fraction of sp³-hybridized carbons (Fsp3) is 0.119. The maximum Gasteiger partial charge on any atom is 0.105 e. The first-order valence-electron chi connectivity index (χ1n) is 26.1. The molecule has 0 aliphatic heterocycles. The Labute approximate surface area is 422 Å². The average Bonchev–Trinajstić information content (AvgIpc) is 4.25. The lowest BCUT2D eigenvalue weighted by Gasteiger charge is -2.31. The molecule has 0 saturated heterocycles. The molecule has 0 N–H and O–H groups in total. The van der Waals surface area contributed by atoms with Crippen LogP contribution in [-0.2, 0) is 25.7 Å². The van der Waals surface area contributed by atoms with Gasteiger partial charge in [0.2, 0.25) is 0 Å². The van der Waals surface area contributed by atoms with Crippen molar-refractivity contribution in [3.8, 4) is 34.5 Å². The largest absolute Gasteiger partial charge is 0.306 e. The molecular weight excluding hydrogens is 889 g/mol. The first kappa shape index (κ1) is 40.7. The van der Waals surface area contributed by atoms with Crippen LogP contribution in [0, 0.1) is 11.3 Å². The molecule has 4 aliphatic carbocycles. The van der Waals surface area contributed by atoms with Gasteiger partial charge >= 0.3 is 0 Å². The summed E-state index contributed by atoms with van der Waals surface area (Å²) in [5, 5.41) is 20.0. The SMILES string of the molecule is N#Cc1c(-n2c3c(c4ccccc42)CCC=C3)c(-n2c3c(c4c2C=CCC4)CCC=C3)c(-n2c3ccccc3c3ccccc32)c(-n2c3ccccc3c3ccccc32)c1-n1c2c(c3ccccc31)CCC=C2. The third kappa shape index (κ3) is 5.46. The molecule has 73 heavy (non-hydrogen) atoms. The van der Waals surface area contributed by atoms with Crippen molar-refractivity contribution in [1.82, 2.24) is 22.8 Å². The molecule has 0 bridgehead atoms. The summed E-state index contributed by atoms with van der Waals surface area (Å²) >= 11 is 0. The van der Waals surface area contributed by atoms with E-state index in [0.717, 1.165) is 135 Å². The second-order valence-corrected chi connectivity index (χ2v) is 20.2. The smallest absolute Gasteiger partial charge is 0.105 e. The molecular formula is C67H48N6. The van der Waals surface area contributed by atoms with Gasteiger partial charge in [0.25, 0.3) is 0 Å². The van der Waals surface area contributed by atoms with Crippen LogP contribution in [0.2, 0.25) is 0 Å². The minimum absolute atomic E-state index is 0.622. The zero-order valence-electron chi connectivity index (χ0n) is 40.3. The maximum atomic E-state index is 12.9. The van der Waals surface area contributed by atoms with Crippen LogP contribution in [0.4, 0.5) is 0 Å². The molecule has 0 radical (unpaired) electrons. The Morgan fingerprint density at radius 3 is 0.918 bits per heavy atom. The number of nitrogens with zero attached hydrogens (tertiary/aromatic N) is 6. The third-order valence-electron chi connectivity index (χ3n) is 16.6. The van der Waals surface area contributed by atoms with Gasteiger partial charge in [-0.25, -0.2) is 0 Å². The highest BCUT2D eigenvalue weighted by Gasteiger charge is 2.38. The normalized spacial score (nSPS) is 14.7. The zero-order chi connectivity index (χ0) is 47.9. The lowest BCUT2D eigenvalue weighted by atomic mass is 9.94. The molecule has 16 rings (SSSR count). The van der Waals surface area contributed by atoms with E-state index in [-0.39, 0.29) is 0 Å². The molecule has 0 atom stereocenters. The number of rotatable bonds is 5. The first-order valence-corrected chi connectivity index (χ1v) is 26.1. The molecule has 0 spiro atoms. The summed E-state index contributed by atoms with van der Waals surface area (Å²) in [5.41, 5.74) is 22.0. The van der Waals surface area contributed by atoms with Crippen LogP contribution in [0.5, 0.6) is 0 Å². The van der Waals surface area contributed by atoms with Gasteiger partial charge in [0, 0.05) is 55.1 Å². The predicted molar refractivity (Wildman–Crippen MR) is 302 cm³/mol. The van der Waals surface area contributed by atoms with Crippen molar-refractivity contribution in [2.24, 2.45) is 0 Å². The van der Waals surface area contributed by atoms with Crippen molar-refractivity contribution in [1.29, 1.82) is 5.26 Å². The van der Waals surface area contributed by atoms with Gasteiger partial charge < -0.3 is 22.8 Å². The number of hydrogen-bond donors (Lipinski definition) is 0. The summed E-state index contributed by atoms with van der Waals surface area (Å²) in [4.78, 5) is 0. The fourth-order valence-corrected chi connectivity index (χ4v) is 13.7. The highest BCUT2D eigenvalue weighted by atomic mass is 15.2. The van der Waals surface area contributed by atoms with Gasteiger partial charge in [-0.05, 0) is 134 Å². The summed E-state index contributed by atoms with van der Waals surface area (Å²) in [6, 6.07) is 56.6. The summed E-state index contributed by atoms with van der Waals surface area (Å²) in [7, 11) is 0. The van der Waals surface area contributed by atoms with Crippen LogP contribution in [0.3, 0.4) is 0 Å². The summed E-state index contributed by atoms with van der Waals surface area (Å²) in [6.07, 6.45) is 26.5. The van der Waals surface area contributed by atoms with Gasteiger partial charge in [-0.3, -0.25) is 0 Å². The van der Waals surface area contributed by atoms with E-state index in [9.17, 15) is 5.26 Å². The third-order valence-corrected chi connectivity index (χ3v) is 16.6. The number of aryl methyl sites for hydroxylation is 2. The summed E-state index contributed by atoms with van der Waals surface area (Å²) < 4.78 is 12.7. The van der Waals surface area contributed by atoms with Crippen LogP contribution >= 0.6 is 0 Å². The van der Waals surface area contributed by atoms with E-state index >= 15 is 0 Å². The Kier molecular flexibility index (Phi) is 8.62. The van der Waals surface area contributed by atoms with E-state index in [0.29, 0.717) is 5.56 Å². The standard InChI is InChI=1S/C67H48N6/c68-41-52-63(69-53-31-11-1-21-42(53)43-22-2-12-32-54(43)69)65(71-57-35-15-5-25-46(57)47-26-6-16-36-58(47)71)67(73-61-39-19-9-29-50(61)51-30-10-20-40-62(51)73)66(72-59-37-17-7-27-48(59)49-28-8-18-38-60(49)72)64(52)70-55-33-13-3-23-44(55)45-24-4-14-34-56(45)70/h1,3,5-6,9-21,23,25-26,29-40H,2,4,7-8,22,24,27-28H2. The lowest BCUT2D eigenvalue weighted by molar-refractivity contribution is 0.908. The van der Waals surface area contributed by atoms with Gasteiger partial charge in [0.05, 0.1) is 61.5 Å². The second kappa shape index (κ2) is 15.5. The van der Waals surface area contributed by atoms with E-state index in [1.165, 1.54) is 55.2 Å². The molecule has 5 heterocycles. The number of para-hydroxylation sites is 6. The molecule has 0 unspecified atom stereocenters. The Morgan fingerprint density at radius 1 is 0.288 bits per heavy atom. The molecule has 5 aromatic heterocycles. The zero-order valence-corrected chi connectivity index (χ0v) is 40.3. The van der Waals surface area contributed by atoms with Gasteiger partial charge in [-0.1, -0.05) is 133 Å². The highest BCUT2D eigenvalue weighted by Crippen LogP contribution is 2.52. The maximum absolute atomic E-state index is 12.9. The molecule has 0 saturated carbocycles. The van der Waals surface area contributed by atoms with Gasteiger partial charge in [-0.15, -0.1) is 0 Å². The molecule has 12 aromatic rings. The van der Waals surface area contributed by atoms with Crippen molar-refractivity contribution in [2.75, 3.05) is 0 Å². The molecule has 0 fully saturated rings. The van der Waals surface area contributed by atoms with Crippen LogP contribution in [0.15, 0.2) is 170 Å². The topological polar surface area (TPSA) is 48.4 Å². The van der Waals surface area contributed by atoms with Crippen molar-refractivity contribution >= 4 is 89.7 Å². The molecule has 4 aliphatic rings. The van der Waals surface area contributed by atoms with E-state index in [1.807, 2.05) is 0 Å². The second-order valence-electron chi connectivity index (χ2n) is 20.2. The number of aromatic nitrogens is 5. The van der Waals surface area contributed by atoms with Gasteiger partial charge in [0.15, 0.2) is 0 Å². The molecule has 346 valence electrons. The fourth-order valence-electron chi connectivity index (χ4n) is 13.7. The Bertz CT molecular complexity index is 4430. The number of benzene rings is 7.